The van der Waals surface area contributed by atoms with E-state index in [9.17, 15) is 10.1 Å². The maximum absolute atomic E-state index is 10.4. The molecule has 0 aliphatic carbocycles. The van der Waals surface area contributed by atoms with E-state index in [4.69, 9.17) is 5.73 Å². The Morgan fingerprint density at radius 3 is 2.23 bits per heavy atom. The molecular weight excluding hydrogens is 284 g/mol. The van der Waals surface area contributed by atoms with Gasteiger partial charge in [-0.05, 0) is 24.3 Å². The van der Waals surface area contributed by atoms with Crippen molar-refractivity contribution in [1.29, 1.82) is 0 Å². The van der Waals surface area contributed by atoms with Gasteiger partial charge in [0.15, 0.2) is 5.03 Å². The summed E-state index contributed by atoms with van der Waals surface area (Å²) in [6.45, 7) is 0. The molecule has 2 aromatic rings. The number of anilines is 1. The summed E-state index contributed by atoms with van der Waals surface area (Å²) in [6.07, 6.45) is 0. The SMILES string of the molecule is NC(=NC(=Nc1ccccc1)Nc1ccccc1)N[N+](=O)[O-]. The van der Waals surface area contributed by atoms with Crippen LogP contribution in [0.5, 0.6) is 0 Å². The minimum Gasteiger partial charge on any atom is -0.365 e. The highest BCUT2D eigenvalue weighted by Crippen LogP contribution is 2.12. The second-order valence-electron chi connectivity index (χ2n) is 4.13. The van der Waals surface area contributed by atoms with Crippen molar-refractivity contribution < 1.29 is 5.03 Å². The summed E-state index contributed by atoms with van der Waals surface area (Å²) in [6, 6.07) is 18.2. The molecule has 22 heavy (non-hydrogen) atoms. The number of guanidine groups is 2. The van der Waals surface area contributed by atoms with Gasteiger partial charge in [-0.3, -0.25) is 0 Å². The first-order valence-electron chi connectivity index (χ1n) is 6.34. The summed E-state index contributed by atoms with van der Waals surface area (Å²) in [5, 5.41) is 12.5. The van der Waals surface area contributed by atoms with Crippen LogP contribution in [0.1, 0.15) is 0 Å². The summed E-state index contributed by atoms with van der Waals surface area (Å²) in [5.74, 6) is -0.243. The van der Waals surface area contributed by atoms with E-state index < -0.39 is 5.03 Å². The maximum atomic E-state index is 10.4. The van der Waals surface area contributed by atoms with Crippen LogP contribution < -0.4 is 16.5 Å². The van der Waals surface area contributed by atoms with E-state index in [1.54, 1.807) is 17.6 Å². The zero-order chi connectivity index (χ0) is 15.8. The number of hydrogen-bond acceptors (Lipinski definition) is 3. The Morgan fingerprint density at radius 2 is 1.64 bits per heavy atom. The fourth-order valence-corrected chi connectivity index (χ4v) is 1.59. The zero-order valence-electron chi connectivity index (χ0n) is 11.5. The second kappa shape index (κ2) is 7.39. The molecule has 4 N–H and O–H groups in total. The van der Waals surface area contributed by atoms with E-state index >= 15 is 0 Å². The fourth-order valence-electron chi connectivity index (χ4n) is 1.59. The van der Waals surface area contributed by atoms with E-state index in [-0.39, 0.29) is 11.9 Å². The number of benzene rings is 2. The van der Waals surface area contributed by atoms with Crippen LogP contribution in [0.25, 0.3) is 0 Å². The lowest BCUT2D eigenvalue weighted by atomic mass is 10.3. The number of hydrogen-bond donors (Lipinski definition) is 3. The Bertz CT molecular complexity index is 685. The molecule has 0 saturated heterocycles. The third kappa shape index (κ3) is 4.93. The first-order chi connectivity index (χ1) is 10.6. The number of hydrazine groups is 1. The van der Waals surface area contributed by atoms with Gasteiger partial charge < -0.3 is 11.1 Å². The van der Waals surface area contributed by atoms with Crippen LogP contribution in [0, 0.1) is 10.1 Å². The first kappa shape index (κ1) is 15.0. The van der Waals surface area contributed by atoms with Gasteiger partial charge in [-0.1, -0.05) is 41.8 Å². The molecule has 0 atom stereocenters. The molecule has 0 unspecified atom stereocenters. The number of rotatable bonds is 3. The predicted molar refractivity (Wildman–Crippen MR) is 85.4 cm³/mol. The largest absolute Gasteiger partial charge is 0.365 e. The predicted octanol–water partition coefficient (Wildman–Crippen LogP) is 1.88. The zero-order valence-corrected chi connectivity index (χ0v) is 11.5. The molecule has 0 spiro atoms. The molecule has 0 fully saturated rings. The molecule has 0 heterocycles. The van der Waals surface area contributed by atoms with Crippen LogP contribution in [0.15, 0.2) is 70.6 Å². The normalized spacial score (nSPS) is 11.8. The molecule has 112 valence electrons. The van der Waals surface area contributed by atoms with E-state index in [1.807, 2.05) is 48.5 Å². The highest BCUT2D eigenvalue weighted by atomic mass is 16.7. The van der Waals surface area contributed by atoms with Crippen molar-refractivity contribution in [3.63, 3.8) is 0 Å². The van der Waals surface area contributed by atoms with Crippen molar-refractivity contribution in [2.75, 3.05) is 5.32 Å². The van der Waals surface area contributed by atoms with Gasteiger partial charge in [-0.15, -0.1) is 0 Å². The third-order valence-corrected chi connectivity index (χ3v) is 2.45. The molecule has 0 aliphatic heterocycles. The molecule has 2 aromatic carbocycles. The smallest absolute Gasteiger partial charge is 0.259 e. The molecule has 8 heteroatoms. The molecule has 0 saturated carbocycles. The number of nitrogens with one attached hydrogen (secondary N) is 2. The van der Waals surface area contributed by atoms with E-state index in [0.29, 0.717) is 5.69 Å². The maximum Gasteiger partial charge on any atom is 0.259 e. The number of nitrogens with zero attached hydrogens (tertiary/aromatic N) is 3. The number of nitrogens with two attached hydrogens (primary N) is 1. The summed E-state index contributed by atoms with van der Waals surface area (Å²) >= 11 is 0. The van der Waals surface area contributed by atoms with Gasteiger partial charge in [0.1, 0.15) is 0 Å². The Kier molecular flexibility index (Phi) is 5.03. The van der Waals surface area contributed by atoms with Crippen molar-refractivity contribution in [3.05, 3.63) is 70.8 Å². The Hall–Kier alpha value is -3.42. The highest BCUT2D eigenvalue weighted by Gasteiger charge is 2.04. The van der Waals surface area contributed by atoms with Gasteiger partial charge in [0, 0.05) is 5.69 Å². The van der Waals surface area contributed by atoms with Crippen molar-refractivity contribution in [3.8, 4) is 0 Å². The van der Waals surface area contributed by atoms with Gasteiger partial charge in [0.2, 0.25) is 5.96 Å². The third-order valence-electron chi connectivity index (χ3n) is 2.45. The standard InChI is InChI=1S/C14H14N6O2/c15-13(19-20(21)22)18-14(16-11-7-3-1-4-8-11)17-12-9-5-2-6-10-12/h1-10H,(H4,15,16,17,18,19). The fraction of sp³-hybridized carbons (Fsp3) is 0. The molecule has 2 rings (SSSR count). The lowest BCUT2D eigenvalue weighted by Gasteiger charge is -2.06. The van der Waals surface area contributed by atoms with Crippen LogP contribution >= 0.6 is 0 Å². The Balaban J connectivity index is 2.28. The van der Waals surface area contributed by atoms with Crippen molar-refractivity contribution >= 4 is 23.3 Å². The quantitative estimate of drug-likeness (QED) is 0.346. The van der Waals surface area contributed by atoms with Gasteiger partial charge in [0.25, 0.3) is 5.96 Å². The first-order valence-corrected chi connectivity index (χ1v) is 6.34. The van der Waals surface area contributed by atoms with E-state index in [0.717, 1.165) is 5.69 Å². The van der Waals surface area contributed by atoms with Gasteiger partial charge in [0.05, 0.1) is 5.69 Å². The van der Waals surface area contributed by atoms with Crippen LogP contribution in [0.2, 0.25) is 0 Å². The lowest BCUT2D eigenvalue weighted by Crippen LogP contribution is -2.37. The Labute approximate surface area is 126 Å². The minimum absolute atomic E-state index is 0.129. The van der Waals surface area contributed by atoms with Crippen LogP contribution in [-0.4, -0.2) is 17.0 Å². The molecule has 0 aromatic heterocycles. The molecule has 0 radical (unpaired) electrons. The minimum atomic E-state index is -0.790. The van der Waals surface area contributed by atoms with E-state index in [2.05, 4.69) is 15.3 Å². The topological polar surface area (TPSA) is 118 Å². The second-order valence-corrected chi connectivity index (χ2v) is 4.13. The van der Waals surface area contributed by atoms with Gasteiger partial charge in [-0.2, -0.15) is 4.99 Å². The molecule has 0 bridgehead atoms. The van der Waals surface area contributed by atoms with Crippen LogP contribution in [0.3, 0.4) is 0 Å². The van der Waals surface area contributed by atoms with E-state index in [1.165, 1.54) is 0 Å². The summed E-state index contributed by atoms with van der Waals surface area (Å²) in [5.41, 5.74) is 8.60. The molecule has 8 nitrogen and oxygen atoms in total. The number of nitro groups is 1. The van der Waals surface area contributed by atoms with Crippen molar-refractivity contribution in [2.24, 2.45) is 15.7 Å². The van der Waals surface area contributed by atoms with Crippen LogP contribution in [0.4, 0.5) is 11.4 Å². The lowest BCUT2D eigenvalue weighted by molar-refractivity contribution is -0.525. The average Bonchev–Trinajstić information content (AvgIpc) is 2.48. The summed E-state index contributed by atoms with van der Waals surface area (Å²) < 4.78 is 0. The number of aliphatic imine (C=N–C) groups is 2. The molecular formula is C14H14N6O2. The molecule has 0 amide bonds. The van der Waals surface area contributed by atoms with Crippen molar-refractivity contribution in [1.82, 2.24) is 5.43 Å². The number of para-hydroxylation sites is 2. The van der Waals surface area contributed by atoms with Crippen molar-refractivity contribution in [2.45, 2.75) is 0 Å². The Morgan fingerprint density at radius 1 is 1.05 bits per heavy atom. The highest BCUT2D eigenvalue weighted by molar-refractivity contribution is 6.02. The van der Waals surface area contributed by atoms with Gasteiger partial charge >= 0.3 is 0 Å². The summed E-state index contributed by atoms with van der Waals surface area (Å²) in [4.78, 5) is 18.5. The average molecular weight is 298 g/mol. The summed E-state index contributed by atoms with van der Waals surface area (Å²) in [7, 11) is 0. The van der Waals surface area contributed by atoms with Crippen LogP contribution in [-0.2, 0) is 0 Å². The monoisotopic (exact) mass is 298 g/mol. The molecule has 0 aliphatic rings. The van der Waals surface area contributed by atoms with Gasteiger partial charge in [-0.25, -0.2) is 15.1 Å².